The fraction of sp³-hybridized carbons (Fsp3) is 0.429. The van der Waals surface area contributed by atoms with E-state index in [1.165, 1.54) is 12.4 Å². The monoisotopic (exact) mass is 169 g/mol. The van der Waals surface area contributed by atoms with E-state index < -0.39 is 5.97 Å². The third-order valence-corrected chi connectivity index (χ3v) is 1.47. The summed E-state index contributed by atoms with van der Waals surface area (Å²) in [7, 11) is 1.83. The Morgan fingerprint density at radius 2 is 2.58 bits per heavy atom. The molecule has 2 N–H and O–H groups in total. The van der Waals surface area contributed by atoms with Crippen molar-refractivity contribution in [3.8, 4) is 0 Å². The Kier molecular flexibility index (Phi) is 2.82. The van der Waals surface area contributed by atoms with Gasteiger partial charge in [-0.25, -0.2) is 4.79 Å². The molecule has 0 saturated carbocycles. The van der Waals surface area contributed by atoms with Crippen LogP contribution in [0.3, 0.4) is 0 Å². The third kappa shape index (κ3) is 2.06. The Bertz CT molecular complexity index is 269. The summed E-state index contributed by atoms with van der Waals surface area (Å²) in [4.78, 5) is 10.4. The Balaban J connectivity index is 2.58. The second-order valence-electron chi connectivity index (χ2n) is 2.40. The molecule has 0 aliphatic heterocycles. The number of carboxylic acids is 1. The number of carboxylic acid groups (broad SMARTS) is 1. The van der Waals surface area contributed by atoms with Crippen LogP contribution in [0.2, 0.25) is 0 Å². The fourth-order valence-electron chi connectivity index (χ4n) is 0.823. The van der Waals surface area contributed by atoms with Gasteiger partial charge in [-0.2, -0.15) is 5.10 Å². The number of aromatic carboxylic acids is 1. The summed E-state index contributed by atoms with van der Waals surface area (Å²) in [6.07, 6.45) is 2.86. The number of carbonyl (C=O) groups is 1. The van der Waals surface area contributed by atoms with E-state index in [1.807, 2.05) is 7.05 Å². The average molecular weight is 169 g/mol. The van der Waals surface area contributed by atoms with Crippen molar-refractivity contribution >= 4 is 5.97 Å². The molecule has 0 atom stereocenters. The quantitative estimate of drug-likeness (QED) is 0.655. The first-order valence-electron chi connectivity index (χ1n) is 3.64. The van der Waals surface area contributed by atoms with Gasteiger partial charge in [0.25, 0.3) is 0 Å². The Morgan fingerprint density at radius 3 is 3.08 bits per heavy atom. The van der Waals surface area contributed by atoms with E-state index in [2.05, 4.69) is 10.4 Å². The van der Waals surface area contributed by atoms with Crippen molar-refractivity contribution in [1.82, 2.24) is 15.1 Å². The fourth-order valence-corrected chi connectivity index (χ4v) is 0.823. The molecule has 5 heteroatoms. The summed E-state index contributed by atoms with van der Waals surface area (Å²) in [5, 5.41) is 15.4. The highest BCUT2D eigenvalue weighted by Gasteiger charge is 2.04. The molecule has 0 aliphatic rings. The first-order chi connectivity index (χ1) is 5.74. The molecule has 0 spiro atoms. The van der Waals surface area contributed by atoms with Crippen LogP contribution in [0.1, 0.15) is 10.4 Å². The lowest BCUT2D eigenvalue weighted by Gasteiger charge is -1.97. The predicted octanol–water partition coefficient (Wildman–Crippen LogP) is -0.199. The van der Waals surface area contributed by atoms with Crippen LogP contribution in [0.25, 0.3) is 0 Å². The van der Waals surface area contributed by atoms with Gasteiger partial charge in [-0.1, -0.05) is 0 Å². The van der Waals surface area contributed by atoms with Crippen molar-refractivity contribution in [2.75, 3.05) is 13.6 Å². The summed E-state index contributed by atoms with van der Waals surface area (Å²) in [6, 6.07) is 0. The van der Waals surface area contributed by atoms with Crippen LogP contribution >= 0.6 is 0 Å². The number of likely N-dealkylation sites (N-methyl/N-ethyl adjacent to an activating group) is 1. The van der Waals surface area contributed by atoms with Gasteiger partial charge in [0.2, 0.25) is 0 Å². The van der Waals surface area contributed by atoms with E-state index in [4.69, 9.17) is 5.11 Å². The van der Waals surface area contributed by atoms with Crippen LogP contribution in [0, 0.1) is 0 Å². The maximum atomic E-state index is 10.4. The molecule has 0 bridgehead atoms. The molecule has 0 fully saturated rings. The molecule has 5 nitrogen and oxygen atoms in total. The molecule has 1 aromatic rings. The largest absolute Gasteiger partial charge is 0.478 e. The van der Waals surface area contributed by atoms with Gasteiger partial charge >= 0.3 is 5.97 Å². The van der Waals surface area contributed by atoms with Crippen LogP contribution < -0.4 is 5.32 Å². The zero-order valence-electron chi connectivity index (χ0n) is 6.82. The molecule has 0 radical (unpaired) electrons. The Morgan fingerprint density at radius 1 is 1.83 bits per heavy atom. The minimum Gasteiger partial charge on any atom is -0.478 e. The molecule has 0 saturated heterocycles. The molecule has 1 rings (SSSR count). The molecule has 0 amide bonds. The summed E-state index contributed by atoms with van der Waals surface area (Å²) in [5.74, 6) is -0.939. The average Bonchev–Trinajstić information content (AvgIpc) is 2.48. The molecule has 1 aromatic heterocycles. The number of hydrogen-bond acceptors (Lipinski definition) is 3. The van der Waals surface area contributed by atoms with Crippen molar-refractivity contribution in [1.29, 1.82) is 0 Å². The van der Waals surface area contributed by atoms with Crippen molar-refractivity contribution in [2.45, 2.75) is 6.54 Å². The molecule has 12 heavy (non-hydrogen) atoms. The smallest absolute Gasteiger partial charge is 0.338 e. The summed E-state index contributed by atoms with van der Waals surface area (Å²) in [6.45, 7) is 1.46. The van der Waals surface area contributed by atoms with Gasteiger partial charge in [-0.05, 0) is 7.05 Å². The second kappa shape index (κ2) is 3.87. The molecule has 0 aliphatic carbocycles. The number of nitrogens with one attached hydrogen (secondary N) is 1. The SMILES string of the molecule is CNCCn1cc(C(=O)O)cn1. The van der Waals surface area contributed by atoms with Crippen molar-refractivity contribution in [3.05, 3.63) is 18.0 Å². The molecule has 66 valence electrons. The number of aromatic nitrogens is 2. The van der Waals surface area contributed by atoms with Gasteiger partial charge in [0.1, 0.15) is 0 Å². The van der Waals surface area contributed by atoms with Gasteiger partial charge in [-0.3, -0.25) is 4.68 Å². The lowest BCUT2D eigenvalue weighted by molar-refractivity contribution is 0.0697. The lowest BCUT2D eigenvalue weighted by Crippen LogP contribution is -2.15. The first-order valence-corrected chi connectivity index (χ1v) is 3.64. The van der Waals surface area contributed by atoms with Crippen LogP contribution in [0.15, 0.2) is 12.4 Å². The van der Waals surface area contributed by atoms with Crippen LogP contribution in [-0.4, -0.2) is 34.4 Å². The molecular weight excluding hydrogens is 158 g/mol. The van der Waals surface area contributed by atoms with Gasteiger partial charge < -0.3 is 10.4 Å². The van der Waals surface area contributed by atoms with E-state index in [0.29, 0.717) is 6.54 Å². The number of rotatable bonds is 4. The Hall–Kier alpha value is -1.36. The Labute approximate surface area is 70.0 Å². The number of hydrogen-bond donors (Lipinski definition) is 2. The van der Waals surface area contributed by atoms with E-state index in [-0.39, 0.29) is 5.56 Å². The zero-order chi connectivity index (χ0) is 8.97. The van der Waals surface area contributed by atoms with Crippen LogP contribution in [-0.2, 0) is 6.54 Å². The van der Waals surface area contributed by atoms with Gasteiger partial charge in [0, 0.05) is 12.7 Å². The highest BCUT2D eigenvalue weighted by atomic mass is 16.4. The van der Waals surface area contributed by atoms with Gasteiger partial charge in [0.15, 0.2) is 0 Å². The standard InChI is InChI=1S/C7H11N3O2/c1-8-2-3-10-5-6(4-9-10)7(11)12/h4-5,8H,2-3H2,1H3,(H,11,12). The van der Waals surface area contributed by atoms with E-state index in [0.717, 1.165) is 6.54 Å². The van der Waals surface area contributed by atoms with Gasteiger partial charge in [-0.15, -0.1) is 0 Å². The molecule has 1 heterocycles. The maximum Gasteiger partial charge on any atom is 0.338 e. The van der Waals surface area contributed by atoms with E-state index >= 15 is 0 Å². The first kappa shape index (κ1) is 8.73. The van der Waals surface area contributed by atoms with Gasteiger partial charge in [0.05, 0.1) is 18.3 Å². The predicted molar refractivity (Wildman–Crippen MR) is 43.1 cm³/mol. The van der Waals surface area contributed by atoms with E-state index in [1.54, 1.807) is 4.68 Å². The maximum absolute atomic E-state index is 10.4. The third-order valence-electron chi connectivity index (χ3n) is 1.47. The second-order valence-corrected chi connectivity index (χ2v) is 2.40. The number of nitrogens with zero attached hydrogens (tertiary/aromatic N) is 2. The zero-order valence-corrected chi connectivity index (χ0v) is 6.82. The lowest BCUT2D eigenvalue weighted by atomic mass is 10.4. The topological polar surface area (TPSA) is 67.2 Å². The summed E-state index contributed by atoms with van der Waals surface area (Å²) >= 11 is 0. The minimum absolute atomic E-state index is 0.228. The molecule has 0 unspecified atom stereocenters. The minimum atomic E-state index is -0.939. The normalized spacial score (nSPS) is 10.1. The highest BCUT2D eigenvalue weighted by molar-refractivity contribution is 5.86. The molecular formula is C7H11N3O2. The highest BCUT2D eigenvalue weighted by Crippen LogP contribution is 1.96. The van der Waals surface area contributed by atoms with Crippen molar-refractivity contribution in [3.63, 3.8) is 0 Å². The van der Waals surface area contributed by atoms with Crippen molar-refractivity contribution < 1.29 is 9.90 Å². The van der Waals surface area contributed by atoms with Crippen LogP contribution in [0.4, 0.5) is 0 Å². The van der Waals surface area contributed by atoms with E-state index in [9.17, 15) is 4.79 Å². The summed E-state index contributed by atoms with van der Waals surface area (Å²) in [5.41, 5.74) is 0.228. The van der Waals surface area contributed by atoms with Crippen LogP contribution in [0.5, 0.6) is 0 Å². The molecule has 0 aromatic carbocycles. The summed E-state index contributed by atoms with van der Waals surface area (Å²) < 4.78 is 1.60. The van der Waals surface area contributed by atoms with Crippen molar-refractivity contribution in [2.24, 2.45) is 0 Å².